The second-order valence-electron chi connectivity index (χ2n) is 5.42. The summed E-state index contributed by atoms with van der Waals surface area (Å²) in [6, 6.07) is 12.1. The molecule has 0 radical (unpaired) electrons. The van der Waals surface area contributed by atoms with Gasteiger partial charge in [-0.1, -0.05) is 33.6 Å². The molecule has 0 aliphatic carbocycles. The Hall–Kier alpha value is -1.85. The zero-order valence-corrected chi connectivity index (χ0v) is 13.8. The Balaban J connectivity index is 1.99. The van der Waals surface area contributed by atoms with Crippen LogP contribution in [0.1, 0.15) is 22.6 Å². The van der Waals surface area contributed by atoms with Crippen molar-refractivity contribution in [3.05, 3.63) is 57.6 Å². The van der Waals surface area contributed by atoms with E-state index in [1.54, 1.807) is 0 Å². The number of ether oxygens (including phenoxy) is 2. The van der Waals surface area contributed by atoms with E-state index in [9.17, 15) is 0 Å². The van der Waals surface area contributed by atoms with Gasteiger partial charge in [0.05, 0.1) is 6.61 Å². The van der Waals surface area contributed by atoms with Gasteiger partial charge in [0, 0.05) is 21.5 Å². The number of amidine groups is 1. The normalized spacial score (nSPS) is 15.6. The highest BCUT2D eigenvalue weighted by atomic mass is 79.9. The first-order chi connectivity index (χ1) is 10.5. The molecule has 3 N–H and O–H groups in total. The fourth-order valence-electron chi connectivity index (χ4n) is 2.67. The van der Waals surface area contributed by atoms with Crippen molar-refractivity contribution in [2.45, 2.75) is 12.8 Å². The zero-order chi connectivity index (χ0) is 15.7. The molecular formula is C17H17BrN2O2. The fraction of sp³-hybridized carbons (Fsp3) is 0.235. The minimum Gasteiger partial charge on any atom is -0.457 e. The number of fused-ring (bicyclic) bond motifs is 2. The number of nitrogens with two attached hydrogens (primary N) is 1. The van der Waals surface area contributed by atoms with Crippen LogP contribution in [0.3, 0.4) is 0 Å². The molecule has 0 fully saturated rings. The van der Waals surface area contributed by atoms with Gasteiger partial charge in [-0.3, -0.25) is 5.41 Å². The first-order valence-corrected chi connectivity index (χ1v) is 7.82. The Morgan fingerprint density at radius 3 is 2.64 bits per heavy atom. The third-order valence-electron chi connectivity index (χ3n) is 3.65. The van der Waals surface area contributed by atoms with E-state index < -0.39 is 0 Å². The van der Waals surface area contributed by atoms with Crippen molar-refractivity contribution >= 4 is 21.8 Å². The molecule has 0 bridgehead atoms. The van der Waals surface area contributed by atoms with Gasteiger partial charge in [0.25, 0.3) is 0 Å². The highest BCUT2D eigenvalue weighted by Crippen LogP contribution is 2.45. The summed E-state index contributed by atoms with van der Waals surface area (Å²) in [7, 11) is 0. The Morgan fingerprint density at radius 1 is 1.23 bits per heavy atom. The van der Waals surface area contributed by atoms with Crippen LogP contribution < -0.4 is 10.5 Å². The van der Waals surface area contributed by atoms with Crippen molar-refractivity contribution in [1.82, 2.24) is 0 Å². The molecule has 2 aromatic carbocycles. The summed E-state index contributed by atoms with van der Waals surface area (Å²) in [6.07, 6.45) is 0. The van der Waals surface area contributed by atoms with Crippen molar-refractivity contribution in [2.75, 3.05) is 13.2 Å². The van der Waals surface area contributed by atoms with Gasteiger partial charge in [-0.05, 0) is 31.2 Å². The standard InChI is InChI=1S/C17H17BrN2O2/c1-10-2-4-15-12(6-10)14(8-21-9-17(19)20)13-7-11(18)3-5-16(13)22-15/h2-7,14H,8-9H2,1H3,(H3,19,20). The van der Waals surface area contributed by atoms with E-state index in [0.717, 1.165) is 27.1 Å². The molecule has 22 heavy (non-hydrogen) atoms. The molecular weight excluding hydrogens is 344 g/mol. The average molecular weight is 361 g/mol. The van der Waals surface area contributed by atoms with E-state index in [2.05, 4.69) is 35.0 Å². The smallest absolute Gasteiger partial charge is 0.131 e. The van der Waals surface area contributed by atoms with Crippen LogP contribution in [0, 0.1) is 12.3 Å². The van der Waals surface area contributed by atoms with Crippen LogP contribution in [-0.2, 0) is 4.74 Å². The highest BCUT2D eigenvalue weighted by Gasteiger charge is 2.27. The van der Waals surface area contributed by atoms with Gasteiger partial charge in [-0.25, -0.2) is 0 Å². The maximum Gasteiger partial charge on any atom is 0.131 e. The lowest BCUT2D eigenvalue weighted by atomic mass is 9.88. The summed E-state index contributed by atoms with van der Waals surface area (Å²) < 4.78 is 12.6. The molecule has 1 atom stereocenters. The van der Waals surface area contributed by atoms with Crippen LogP contribution in [0.15, 0.2) is 40.9 Å². The Labute approximate surface area is 137 Å². The molecule has 0 saturated carbocycles. The van der Waals surface area contributed by atoms with Crippen LogP contribution in [0.5, 0.6) is 11.5 Å². The number of hydrogen-bond acceptors (Lipinski definition) is 3. The summed E-state index contributed by atoms with van der Waals surface area (Å²) in [6.45, 7) is 2.66. The van der Waals surface area contributed by atoms with E-state index in [0.29, 0.717) is 6.61 Å². The van der Waals surface area contributed by atoms with Gasteiger partial charge < -0.3 is 15.2 Å². The van der Waals surface area contributed by atoms with Crippen LogP contribution in [-0.4, -0.2) is 19.0 Å². The minimum atomic E-state index is 0.0333. The third-order valence-corrected chi connectivity index (χ3v) is 4.14. The van der Waals surface area contributed by atoms with Crippen LogP contribution >= 0.6 is 15.9 Å². The monoisotopic (exact) mass is 360 g/mol. The second-order valence-corrected chi connectivity index (χ2v) is 6.33. The Bertz CT molecular complexity index is 679. The number of hydrogen-bond donors (Lipinski definition) is 2. The lowest BCUT2D eigenvalue weighted by Crippen LogP contribution is -2.21. The molecule has 0 amide bonds. The molecule has 2 aromatic rings. The van der Waals surface area contributed by atoms with Gasteiger partial charge >= 0.3 is 0 Å². The van der Waals surface area contributed by atoms with Crippen molar-refractivity contribution in [2.24, 2.45) is 5.73 Å². The largest absolute Gasteiger partial charge is 0.457 e. The number of nitrogens with one attached hydrogen (secondary N) is 1. The molecule has 3 rings (SSSR count). The van der Waals surface area contributed by atoms with E-state index >= 15 is 0 Å². The zero-order valence-electron chi connectivity index (χ0n) is 12.2. The van der Waals surface area contributed by atoms with Crippen molar-refractivity contribution in [3.63, 3.8) is 0 Å². The van der Waals surface area contributed by atoms with Gasteiger partial charge in [0.1, 0.15) is 23.9 Å². The molecule has 0 aromatic heterocycles. The summed E-state index contributed by atoms with van der Waals surface area (Å²) in [5, 5.41) is 7.29. The molecule has 1 aliphatic heterocycles. The van der Waals surface area contributed by atoms with Gasteiger partial charge in [0.2, 0.25) is 0 Å². The number of halogens is 1. The highest BCUT2D eigenvalue weighted by molar-refractivity contribution is 9.10. The van der Waals surface area contributed by atoms with Gasteiger partial charge in [-0.2, -0.15) is 0 Å². The molecule has 114 valence electrons. The summed E-state index contributed by atoms with van der Waals surface area (Å²) in [5.74, 6) is 1.80. The SMILES string of the molecule is Cc1ccc2c(c1)C(COCC(=N)N)c1cc(Br)ccc1O2. The predicted octanol–water partition coefficient (Wildman–Crippen LogP) is 3.95. The van der Waals surface area contributed by atoms with Crippen LogP contribution in [0.4, 0.5) is 0 Å². The van der Waals surface area contributed by atoms with E-state index in [-0.39, 0.29) is 18.4 Å². The van der Waals surface area contributed by atoms with Gasteiger partial charge in [-0.15, -0.1) is 0 Å². The van der Waals surface area contributed by atoms with Crippen LogP contribution in [0.25, 0.3) is 0 Å². The summed E-state index contributed by atoms with van der Waals surface area (Å²) in [5.41, 5.74) is 8.74. The maximum atomic E-state index is 7.29. The maximum absolute atomic E-state index is 7.29. The molecule has 4 nitrogen and oxygen atoms in total. The Kier molecular flexibility index (Phi) is 4.18. The van der Waals surface area contributed by atoms with Gasteiger partial charge in [0.15, 0.2) is 0 Å². The van der Waals surface area contributed by atoms with Crippen molar-refractivity contribution in [1.29, 1.82) is 5.41 Å². The quantitative estimate of drug-likeness (QED) is 0.640. The van der Waals surface area contributed by atoms with Crippen molar-refractivity contribution < 1.29 is 9.47 Å². The minimum absolute atomic E-state index is 0.0333. The molecule has 1 unspecified atom stereocenters. The first-order valence-electron chi connectivity index (χ1n) is 7.03. The number of rotatable bonds is 4. The summed E-state index contributed by atoms with van der Waals surface area (Å²) >= 11 is 3.51. The van der Waals surface area contributed by atoms with Crippen LogP contribution in [0.2, 0.25) is 0 Å². The summed E-state index contributed by atoms with van der Waals surface area (Å²) in [4.78, 5) is 0. The third kappa shape index (κ3) is 3.00. The molecule has 1 heterocycles. The first kappa shape index (κ1) is 15.1. The van der Waals surface area contributed by atoms with Crippen molar-refractivity contribution in [3.8, 4) is 11.5 Å². The molecule has 0 spiro atoms. The molecule has 1 aliphatic rings. The lowest BCUT2D eigenvalue weighted by Gasteiger charge is -2.28. The lowest BCUT2D eigenvalue weighted by molar-refractivity contribution is 0.159. The Morgan fingerprint density at radius 2 is 1.91 bits per heavy atom. The molecule has 5 heteroatoms. The number of aryl methyl sites for hydroxylation is 1. The topological polar surface area (TPSA) is 68.3 Å². The van der Waals surface area contributed by atoms with E-state index in [4.69, 9.17) is 20.6 Å². The number of benzene rings is 2. The average Bonchev–Trinajstić information content (AvgIpc) is 2.47. The van der Waals surface area contributed by atoms with E-state index in [1.165, 1.54) is 5.56 Å². The van der Waals surface area contributed by atoms with E-state index in [1.807, 2.05) is 24.3 Å². The second kappa shape index (κ2) is 6.10. The fourth-order valence-corrected chi connectivity index (χ4v) is 3.05. The predicted molar refractivity (Wildman–Crippen MR) is 90.0 cm³/mol. The molecule has 0 saturated heterocycles.